The van der Waals surface area contributed by atoms with Crippen molar-refractivity contribution in [3.05, 3.63) is 17.3 Å². The molecule has 0 radical (unpaired) electrons. The van der Waals surface area contributed by atoms with Crippen molar-refractivity contribution in [2.45, 2.75) is 59.1 Å². The fraction of sp³-hybridized carbons (Fsp3) is 0.619. The number of nitrogens with one attached hydrogen (secondary N) is 1. The minimum absolute atomic E-state index is 0.00585. The first kappa shape index (κ1) is 21.9. The highest BCUT2D eigenvalue weighted by Crippen LogP contribution is 2.27. The van der Waals surface area contributed by atoms with Gasteiger partial charge in [-0.05, 0) is 59.1 Å². The highest BCUT2D eigenvalue weighted by atomic mass is 16.6. The lowest BCUT2D eigenvalue weighted by Gasteiger charge is -2.33. The number of amides is 2. The number of likely N-dealkylation sites (tertiary alicyclic amines) is 1. The molecule has 3 rings (SSSR count). The van der Waals surface area contributed by atoms with Crippen molar-refractivity contribution in [3.8, 4) is 5.88 Å². The number of hydrogen-bond acceptors (Lipinski definition) is 6. The van der Waals surface area contributed by atoms with Crippen molar-refractivity contribution in [2.24, 2.45) is 7.05 Å². The fourth-order valence-electron chi connectivity index (χ4n) is 3.59. The quantitative estimate of drug-likeness (QED) is 0.821. The standard InChI is InChI=1S/C21H31N5O4/c1-13-11-14(2)22-18-17(13)19(24-25(18)6)29-12-16(27)23-15-7-9-26(10-8-15)20(28)30-21(3,4)5/h11,15H,7-10,12H2,1-6H3,(H,23,27). The van der Waals surface area contributed by atoms with E-state index in [2.05, 4.69) is 15.4 Å². The Balaban J connectivity index is 1.51. The molecule has 1 aliphatic rings. The average Bonchev–Trinajstić information content (AvgIpc) is 2.95. The van der Waals surface area contributed by atoms with Crippen LogP contribution in [0.5, 0.6) is 5.88 Å². The zero-order chi connectivity index (χ0) is 22.1. The lowest BCUT2D eigenvalue weighted by atomic mass is 10.1. The summed E-state index contributed by atoms with van der Waals surface area (Å²) in [5.41, 5.74) is 2.14. The van der Waals surface area contributed by atoms with Crippen LogP contribution in [0.25, 0.3) is 11.0 Å². The number of carbonyl (C=O) groups excluding carboxylic acids is 2. The van der Waals surface area contributed by atoms with E-state index in [-0.39, 0.29) is 24.6 Å². The molecular weight excluding hydrogens is 386 g/mol. The van der Waals surface area contributed by atoms with Crippen molar-refractivity contribution >= 4 is 23.0 Å². The van der Waals surface area contributed by atoms with Gasteiger partial charge in [0.1, 0.15) is 5.60 Å². The molecule has 0 aromatic carbocycles. The van der Waals surface area contributed by atoms with Crippen LogP contribution < -0.4 is 10.1 Å². The molecule has 0 bridgehead atoms. The Morgan fingerprint density at radius 3 is 2.53 bits per heavy atom. The number of ether oxygens (including phenoxy) is 2. The first-order valence-corrected chi connectivity index (χ1v) is 10.2. The van der Waals surface area contributed by atoms with Gasteiger partial charge in [-0.1, -0.05) is 0 Å². The Labute approximate surface area is 176 Å². The van der Waals surface area contributed by atoms with Crippen LogP contribution in [-0.4, -0.2) is 63.0 Å². The second kappa shape index (κ2) is 8.49. The number of piperidine rings is 1. The van der Waals surface area contributed by atoms with Gasteiger partial charge in [0, 0.05) is 31.9 Å². The van der Waals surface area contributed by atoms with Crippen molar-refractivity contribution in [1.29, 1.82) is 0 Å². The van der Waals surface area contributed by atoms with Gasteiger partial charge in [-0.2, -0.15) is 0 Å². The molecule has 2 aromatic heterocycles. The largest absolute Gasteiger partial charge is 0.466 e. The van der Waals surface area contributed by atoms with E-state index in [9.17, 15) is 9.59 Å². The van der Waals surface area contributed by atoms with Gasteiger partial charge >= 0.3 is 6.09 Å². The Morgan fingerprint density at radius 2 is 1.90 bits per heavy atom. The van der Waals surface area contributed by atoms with E-state index in [1.54, 1.807) is 16.6 Å². The maximum Gasteiger partial charge on any atom is 0.410 e. The molecule has 1 fully saturated rings. The predicted molar refractivity (Wildman–Crippen MR) is 112 cm³/mol. The van der Waals surface area contributed by atoms with Crippen molar-refractivity contribution in [1.82, 2.24) is 25.0 Å². The third-order valence-electron chi connectivity index (χ3n) is 4.94. The molecule has 1 aliphatic heterocycles. The van der Waals surface area contributed by atoms with Crippen LogP contribution >= 0.6 is 0 Å². The van der Waals surface area contributed by atoms with Gasteiger partial charge in [-0.25, -0.2) is 14.5 Å². The first-order valence-electron chi connectivity index (χ1n) is 10.2. The number of hydrogen-bond donors (Lipinski definition) is 1. The molecule has 30 heavy (non-hydrogen) atoms. The van der Waals surface area contributed by atoms with Crippen molar-refractivity contribution in [2.75, 3.05) is 19.7 Å². The second-order valence-electron chi connectivity index (χ2n) is 8.81. The Bertz CT molecular complexity index is 939. The zero-order valence-electron chi connectivity index (χ0n) is 18.6. The number of nitrogens with zero attached hydrogens (tertiary/aromatic N) is 4. The summed E-state index contributed by atoms with van der Waals surface area (Å²) in [5, 5.41) is 8.17. The number of rotatable bonds is 4. The number of pyridine rings is 1. The molecule has 0 atom stereocenters. The van der Waals surface area contributed by atoms with E-state index < -0.39 is 5.60 Å². The molecule has 1 saturated heterocycles. The Morgan fingerprint density at radius 1 is 1.23 bits per heavy atom. The van der Waals surface area contributed by atoms with Crippen molar-refractivity contribution in [3.63, 3.8) is 0 Å². The molecule has 2 amide bonds. The second-order valence-corrected chi connectivity index (χ2v) is 8.81. The highest BCUT2D eigenvalue weighted by Gasteiger charge is 2.27. The maximum atomic E-state index is 12.4. The summed E-state index contributed by atoms with van der Waals surface area (Å²) in [4.78, 5) is 30.7. The predicted octanol–water partition coefficient (Wildman–Crippen LogP) is 2.48. The summed E-state index contributed by atoms with van der Waals surface area (Å²) in [7, 11) is 1.81. The van der Waals surface area contributed by atoms with Crippen LogP contribution in [0.2, 0.25) is 0 Å². The van der Waals surface area contributed by atoms with Crippen molar-refractivity contribution < 1.29 is 19.1 Å². The van der Waals surface area contributed by atoms with Crippen LogP contribution in [0, 0.1) is 13.8 Å². The summed E-state index contributed by atoms with van der Waals surface area (Å²) >= 11 is 0. The topological polar surface area (TPSA) is 98.6 Å². The van der Waals surface area contributed by atoms with Crippen LogP contribution in [0.4, 0.5) is 4.79 Å². The van der Waals surface area contributed by atoms with Crippen LogP contribution in [0.1, 0.15) is 44.9 Å². The third-order valence-corrected chi connectivity index (χ3v) is 4.94. The molecule has 1 N–H and O–H groups in total. The normalized spacial score (nSPS) is 15.3. The van der Waals surface area contributed by atoms with Crippen LogP contribution in [-0.2, 0) is 16.6 Å². The molecule has 2 aromatic rings. The number of carbonyl (C=O) groups is 2. The lowest BCUT2D eigenvalue weighted by Crippen LogP contribution is -2.48. The third kappa shape index (κ3) is 5.20. The van der Waals surface area contributed by atoms with Gasteiger partial charge < -0.3 is 19.7 Å². The van der Waals surface area contributed by atoms with Crippen LogP contribution in [0.15, 0.2) is 6.07 Å². The molecule has 3 heterocycles. The lowest BCUT2D eigenvalue weighted by molar-refractivity contribution is -0.124. The summed E-state index contributed by atoms with van der Waals surface area (Å²) in [5.74, 6) is 0.203. The zero-order valence-corrected chi connectivity index (χ0v) is 18.6. The molecule has 9 heteroatoms. The highest BCUT2D eigenvalue weighted by molar-refractivity contribution is 5.85. The minimum atomic E-state index is -0.512. The van der Waals surface area contributed by atoms with E-state index in [1.807, 2.05) is 40.7 Å². The van der Waals surface area contributed by atoms with Gasteiger partial charge in [0.25, 0.3) is 5.91 Å². The number of fused-ring (bicyclic) bond motifs is 1. The molecule has 9 nitrogen and oxygen atoms in total. The summed E-state index contributed by atoms with van der Waals surface area (Å²) in [6, 6.07) is 1.97. The fourth-order valence-corrected chi connectivity index (χ4v) is 3.59. The van der Waals surface area contributed by atoms with Gasteiger partial charge in [0.05, 0.1) is 5.39 Å². The van der Waals surface area contributed by atoms with E-state index in [1.165, 1.54) is 0 Å². The SMILES string of the molecule is Cc1cc(C)c2c(OCC(=O)NC3CCN(C(=O)OC(C)(C)C)CC3)nn(C)c2n1. The number of aryl methyl sites for hydroxylation is 3. The smallest absolute Gasteiger partial charge is 0.410 e. The summed E-state index contributed by atoms with van der Waals surface area (Å²) < 4.78 is 12.8. The first-order chi connectivity index (χ1) is 14.0. The maximum absolute atomic E-state index is 12.4. The molecule has 164 valence electrons. The number of aromatic nitrogens is 3. The summed E-state index contributed by atoms with van der Waals surface area (Å²) in [6.07, 6.45) is 1.05. The molecular formula is C21H31N5O4. The molecule has 0 unspecified atom stereocenters. The van der Waals surface area contributed by atoms with Gasteiger partial charge in [0.2, 0.25) is 5.88 Å². The molecule has 0 aliphatic carbocycles. The van der Waals surface area contributed by atoms with Gasteiger partial charge in [-0.3, -0.25) is 4.79 Å². The minimum Gasteiger partial charge on any atom is -0.466 e. The molecule has 0 spiro atoms. The average molecular weight is 418 g/mol. The van der Waals surface area contributed by atoms with Gasteiger partial charge in [0.15, 0.2) is 12.3 Å². The molecule has 0 saturated carbocycles. The van der Waals surface area contributed by atoms with Gasteiger partial charge in [-0.15, -0.1) is 5.10 Å². The van der Waals surface area contributed by atoms with E-state index in [4.69, 9.17) is 9.47 Å². The summed E-state index contributed by atoms with van der Waals surface area (Å²) in [6.45, 7) is 10.4. The van der Waals surface area contributed by atoms with E-state index in [0.29, 0.717) is 31.8 Å². The Kier molecular flexibility index (Phi) is 6.19. The van der Waals surface area contributed by atoms with E-state index >= 15 is 0 Å². The Hall–Kier alpha value is -2.84. The monoisotopic (exact) mass is 417 g/mol. The van der Waals surface area contributed by atoms with Crippen LogP contribution in [0.3, 0.4) is 0 Å². The van der Waals surface area contributed by atoms with E-state index in [0.717, 1.165) is 22.3 Å².